The van der Waals surface area contributed by atoms with Gasteiger partial charge < -0.3 is 4.57 Å². The molecule has 0 saturated carbocycles. The van der Waals surface area contributed by atoms with Crippen LogP contribution >= 0.6 is 11.3 Å². The lowest BCUT2D eigenvalue weighted by atomic mass is 10.6. The molecule has 0 unspecified atom stereocenters. The zero-order valence-electron chi connectivity index (χ0n) is 5.03. The van der Waals surface area contributed by atoms with Gasteiger partial charge in [-0.3, -0.25) is 0 Å². The monoisotopic (exact) mass is 138 g/mol. The third kappa shape index (κ3) is 0.580. The first-order chi connectivity index (χ1) is 4.38. The molecule has 0 aromatic carbocycles. The van der Waals surface area contributed by atoms with Crippen LogP contribution in [0.15, 0.2) is 17.8 Å². The molecule has 2 heterocycles. The molecular formula is C6H6N2S. The molecule has 0 atom stereocenters. The maximum absolute atomic E-state index is 4.14. The van der Waals surface area contributed by atoms with E-state index >= 15 is 0 Å². The van der Waals surface area contributed by atoms with Crippen molar-refractivity contribution in [3.63, 3.8) is 0 Å². The summed E-state index contributed by atoms with van der Waals surface area (Å²) in [6.07, 6.45) is 2.02. The van der Waals surface area contributed by atoms with E-state index in [4.69, 9.17) is 0 Å². The maximum Gasteiger partial charge on any atom is 0.122 e. The second kappa shape index (κ2) is 1.57. The number of aryl methyl sites for hydroxylation is 1. The smallest absolute Gasteiger partial charge is 0.122 e. The van der Waals surface area contributed by atoms with Crippen molar-refractivity contribution in [1.82, 2.24) is 9.55 Å². The van der Waals surface area contributed by atoms with Crippen LogP contribution in [-0.2, 0) is 7.05 Å². The molecule has 0 fully saturated rings. The highest BCUT2D eigenvalue weighted by Gasteiger charge is 1.96. The highest BCUT2D eigenvalue weighted by atomic mass is 32.1. The van der Waals surface area contributed by atoms with Crippen molar-refractivity contribution in [1.29, 1.82) is 0 Å². The van der Waals surface area contributed by atoms with Crippen molar-refractivity contribution < 1.29 is 0 Å². The molecule has 0 bridgehead atoms. The van der Waals surface area contributed by atoms with E-state index < -0.39 is 0 Å². The Kier molecular flexibility index (Phi) is 0.873. The highest BCUT2D eigenvalue weighted by molar-refractivity contribution is 7.16. The van der Waals surface area contributed by atoms with Gasteiger partial charge in [0.25, 0.3) is 0 Å². The second-order valence-corrected chi connectivity index (χ2v) is 2.80. The van der Waals surface area contributed by atoms with Crippen LogP contribution in [0.1, 0.15) is 0 Å². The minimum atomic E-state index is 1.10. The van der Waals surface area contributed by atoms with E-state index in [9.17, 15) is 0 Å². The lowest BCUT2D eigenvalue weighted by Gasteiger charge is -1.84. The number of hydrogen-bond donors (Lipinski definition) is 0. The molecule has 9 heavy (non-hydrogen) atoms. The molecule has 2 rings (SSSR count). The van der Waals surface area contributed by atoms with E-state index in [1.807, 2.05) is 24.8 Å². The number of aromatic nitrogens is 2. The Morgan fingerprint density at radius 3 is 3.33 bits per heavy atom. The van der Waals surface area contributed by atoms with E-state index in [-0.39, 0.29) is 0 Å². The highest BCUT2D eigenvalue weighted by Crippen LogP contribution is 2.16. The molecule has 0 aliphatic carbocycles. The third-order valence-electron chi connectivity index (χ3n) is 1.35. The van der Waals surface area contributed by atoms with Gasteiger partial charge in [0.2, 0.25) is 0 Å². The molecule has 0 aliphatic rings. The van der Waals surface area contributed by atoms with E-state index in [0.717, 1.165) is 5.52 Å². The fraction of sp³-hybridized carbons (Fsp3) is 0.167. The minimum absolute atomic E-state index is 1.10. The average Bonchev–Trinajstić information content (AvgIpc) is 2.35. The molecule has 2 aromatic rings. The van der Waals surface area contributed by atoms with Crippen molar-refractivity contribution in [2.75, 3.05) is 0 Å². The zero-order chi connectivity index (χ0) is 6.27. The van der Waals surface area contributed by atoms with Crippen molar-refractivity contribution in [2.24, 2.45) is 7.05 Å². The van der Waals surface area contributed by atoms with Gasteiger partial charge >= 0.3 is 0 Å². The van der Waals surface area contributed by atoms with Crippen LogP contribution in [0.2, 0.25) is 0 Å². The largest absolute Gasteiger partial charge is 0.341 e. The van der Waals surface area contributed by atoms with Gasteiger partial charge in [-0.1, -0.05) is 0 Å². The Bertz CT molecular complexity index is 320. The normalized spacial score (nSPS) is 10.8. The van der Waals surface area contributed by atoms with E-state index in [0.29, 0.717) is 0 Å². The Labute approximate surface area is 56.8 Å². The summed E-state index contributed by atoms with van der Waals surface area (Å²) in [6, 6.07) is 2.02. The fourth-order valence-electron chi connectivity index (χ4n) is 0.877. The van der Waals surface area contributed by atoms with Gasteiger partial charge in [0.05, 0.1) is 11.0 Å². The molecule has 3 heteroatoms. The lowest BCUT2D eigenvalue weighted by molar-refractivity contribution is 0.978. The van der Waals surface area contributed by atoms with Crippen LogP contribution < -0.4 is 0 Å². The third-order valence-corrected chi connectivity index (χ3v) is 2.28. The number of nitrogens with zero attached hydrogens (tertiary/aromatic N) is 2. The maximum atomic E-state index is 4.14. The summed E-state index contributed by atoms with van der Waals surface area (Å²) in [6.45, 7) is 0. The van der Waals surface area contributed by atoms with E-state index in [1.165, 1.54) is 4.83 Å². The van der Waals surface area contributed by atoms with Crippen molar-refractivity contribution >= 4 is 21.7 Å². The second-order valence-electron chi connectivity index (χ2n) is 1.97. The van der Waals surface area contributed by atoms with Crippen molar-refractivity contribution in [3.05, 3.63) is 17.8 Å². The van der Waals surface area contributed by atoms with Gasteiger partial charge in [-0.2, -0.15) is 0 Å². The van der Waals surface area contributed by atoms with Crippen LogP contribution in [0.5, 0.6) is 0 Å². The molecule has 0 aliphatic heterocycles. The first-order valence-electron chi connectivity index (χ1n) is 2.72. The Morgan fingerprint density at radius 2 is 2.56 bits per heavy atom. The molecule has 46 valence electrons. The molecule has 0 N–H and O–H groups in total. The van der Waals surface area contributed by atoms with E-state index in [1.54, 1.807) is 11.3 Å². The fourth-order valence-corrected chi connectivity index (χ4v) is 1.61. The topological polar surface area (TPSA) is 17.8 Å². The number of hydrogen-bond acceptors (Lipinski definition) is 2. The predicted molar refractivity (Wildman–Crippen MR) is 38.6 cm³/mol. The van der Waals surface area contributed by atoms with Crippen LogP contribution in [0, 0.1) is 0 Å². The summed E-state index contributed by atoms with van der Waals surface area (Å²) in [5.41, 5.74) is 2.97. The summed E-state index contributed by atoms with van der Waals surface area (Å²) in [7, 11) is 2.03. The van der Waals surface area contributed by atoms with E-state index in [2.05, 4.69) is 9.55 Å². The number of fused-ring (bicyclic) bond motifs is 1. The Morgan fingerprint density at radius 1 is 1.67 bits per heavy atom. The van der Waals surface area contributed by atoms with Gasteiger partial charge in [0.15, 0.2) is 0 Å². The van der Waals surface area contributed by atoms with Crippen molar-refractivity contribution in [3.8, 4) is 0 Å². The summed E-state index contributed by atoms with van der Waals surface area (Å²) in [5.74, 6) is 0. The molecule has 0 radical (unpaired) electrons. The Balaban J connectivity index is 2.99. The molecular weight excluding hydrogens is 132 g/mol. The van der Waals surface area contributed by atoms with Crippen LogP contribution in [-0.4, -0.2) is 9.55 Å². The molecule has 0 spiro atoms. The SMILES string of the molecule is Cn1ccc2ncsc21. The molecule has 0 saturated heterocycles. The Hall–Kier alpha value is -0.830. The number of rotatable bonds is 0. The molecule has 2 nitrogen and oxygen atoms in total. The van der Waals surface area contributed by atoms with Crippen LogP contribution in [0.4, 0.5) is 0 Å². The lowest BCUT2D eigenvalue weighted by Crippen LogP contribution is -1.78. The molecule has 0 amide bonds. The summed E-state index contributed by atoms with van der Waals surface area (Å²) < 4.78 is 2.08. The standard InChI is InChI=1S/C6H6N2S/c1-8-3-2-5-6(8)9-4-7-5/h2-4H,1H3. The number of thiazole rings is 1. The quantitative estimate of drug-likeness (QED) is 0.541. The van der Waals surface area contributed by atoms with Gasteiger partial charge in [0.1, 0.15) is 4.83 Å². The molecule has 2 aromatic heterocycles. The van der Waals surface area contributed by atoms with Gasteiger partial charge in [-0.05, 0) is 6.07 Å². The summed E-state index contributed by atoms with van der Waals surface area (Å²) in [4.78, 5) is 5.38. The first-order valence-corrected chi connectivity index (χ1v) is 3.60. The van der Waals surface area contributed by atoms with Gasteiger partial charge in [0, 0.05) is 13.2 Å². The predicted octanol–water partition coefficient (Wildman–Crippen LogP) is 1.63. The minimum Gasteiger partial charge on any atom is -0.341 e. The first kappa shape index (κ1) is 4.99. The summed E-state index contributed by atoms with van der Waals surface area (Å²) in [5, 5.41) is 0. The van der Waals surface area contributed by atoms with Gasteiger partial charge in [-0.15, -0.1) is 11.3 Å². The summed E-state index contributed by atoms with van der Waals surface area (Å²) >= 11 is 1.67. The van der Waals surface area contributed by atoms with Crippen LogP contribution in [0.3, 0.4) is 0 Å². The zero-order valence-corrected chi connectivity index (χ0v) is 5.85. The van der Waals surface area contributed by atoms with Crippen LogP contribution in [0.25, 0.3) is 10.3 Å². The van der Waals surface area contributed by atoms with Gasteiger partial charge in [-0.25, -0.2) is 4.98 Å². The average molecular weight is 138 g/mol. The van der Waals surface area contributed by atoms with Crippen molar-refractivity contribution in [2.45, 2.75) is 0 Å².